The second kappa shape index (κ2) is 7.87. The molecule has 3 aliphatic rings. The third kappa shape index (κ3) is 3.57. The lowest BCUT2D eigenvalue weighted by Crippen LogP contribution is -2.55. The molecule has 1 aromatic rings. The van der Waals surface area contributed by atoms with Gasteiger partial charge in [0.25, 0.3) is 5.91 Å². The molecule has 0 radical (unpaired) electrons. The largest absolute Gasteiger partial charge is 0.459 e. The van der Waals surface area contributed by atoms with Crippen LogP contribution in [0.25, 0.3) is 0 Å². The van der Waals surface area contributed by atoms with Crippen LogP contribution in [0.4, 0.5) is 0 Å². The summed E-state index contributed by atoms with van der Waals surface area (Å²) in [6, 6.07) is 1.84. The number of fused-ring (bicyclic) bond motifs is 1. The third-order valence-electron chi connectivity index (χ3n) is 6.24. The van der Waals surface area contributed by atoms with Crippen molar-refractivity contribution >= 4 is 29.2 Å². The lowest BCUT2D eigenvalue weighted by atomic mass is 9.78. The van der Waals surface area contributed by atoms with Gasteiger partial charge in [-0.15, -0.1) is 11.6 Å². The molecule has 1 aromatic heterocycles. The first-order valence-corrected chi connectivity index (χ1v) is 10.3. The van der Waals surface area contributed by atoms with E-state index in [1.54, 1.807) is 12.1 Å². The van der Waals surface area contributed by atoms with Crippen molar-refractivity contribution in [1.82, 2.24) is 10.2 Å². The number of nitrogens with zero attached hydrogens (tertiary/aromatic N) is 1. The first-order chi connectivity index (χ1) is 13.5. The quantitative estimate of drug-likeness (QED) is 0.769. The zero-order chi connectivity index (χ0) is 19.8. The van der Waals surface area contributed by atoms with Crippen LogP contribution in [0.15, 0.2) is 22.8 Å². The molecule has 0 aromatic carbocycles. The summed E-state index contributed by atoms with van der Waals surface area (Å²) in [7, 11) is 0. The van der Waals surface area contributed by atoms with Crippen LogP contribution in [0.3, 0.4) is 0 Å². The number of alkyl halides is 1. The molecule has 4 rings (SSSR count). The molecule has 4 atom stereocenters. The van der Waals surface area contributed by atoms with Gasteiger partial charge in [0, 0.05) is 6.54 Å². The predicted octanol–water partition coefficient (Wildman–Crippen LogP) is 1.99. The maximum Gasteiger partial charge on any atom is 0.287 e. The number of amides is 2. The highest BCUT2D eigenvalue weighted by Gasteiger charge is 2.53. The monoisotopic (exact) mass is 408 g/mol. The number of Topliss-reactive ketones (excluding diaryl/α,β-unsaturated/α-hetero) is 1. The van der Waals surface area contributed by atoms with Crippen molar-refractivity contribution in [1.29, 1.82) is 0 Å². The normalized spacial score (nSPS) is 33.6. The highest BCUT2D eigenvalue weighted by atomic mass is 35.5. The van der Waals surface area contributed by atoms with Crippen LogP contribution in [-0.4, -0.2) is 59.2 Å². The zero-order valence-electron chi connectivity index (χ0n) is 15.8. The van der Waals surface area contributed by atoms with Gasteiger partial charge in [-0.25, -0.2) is 0 Å². The second-order valence-corrected chi connectivity index (χ2v) is 8.70. The summed E-state index contributed by atoms with van der Waals surface area (Å²) < 4.78 is 10.7. The smallest absolute Gasteiger partial charge is 0.287 e. The van der Waals surface area contributed by atoms with E-state index in [1.807, 2.05) is 0 Å². The number of hydrogen-bond acceptors (Lipinski definition) is 5. The number of ether oxygens (including phenoxy) is 1. The van der Waals surface area contributed by atoms with Gasteiger partial charge in [0.1, 0.15) is 24.8 Å². The molecule has 152 valence electrons. The van der Waals surface area contributed by atoms with Crippen molar-refractivity contribution in [3.8, 4) is 0 Å². The fourth-order valence-electron chi connectivity index (χ4n) is 4.62. The van der Waals surface area contributed by atoms with Crippen LogP contribution >= 0.6 is 11.6 Å². The number of ketones is 1. The molecule has 2 saturated heterocycles. The number of hydrogen-bond donors (Lipinski definition) is 1. The van der Waals surface area contributed by atoms with Gasteiger partial charge in [-0.2, -0.15) is 0 Å². The van der Waals surface area contributed by atoms with E-state index in [-0.39, 0.29) is 36.5 Å². The molecule has 2 aliphatic heterocycles. The van der Waals surface area contributed by atoms with Gasteiger partial charge in [0.2, 0.25) is 5.91 Å². The minimum Gasteiger partial charge on any atom is -0.459 e. The first-order valence-electron chi connectivity index (χ1n) is 9.89. The lowest BCUT2D eigenvalue weighted by molar-refractivity contribution is -0.139. The third-order valence-corrected chi connectivity index (χ3v) is 6.62. The van der Waals surface area contributed by atoms with Crippen LogP contribution in [0.1, 0.15) is 43.2 Å². The number of rotatable bonds is 4. The number of likely N-dealkylation sites (tertiary alicyclic amines) is 1. The fraction of sp³-hybridized carbons (Fsp3) is 0.650. The van der Waals surface area contributed by atoms with Gasteiger partial charge >= 0.3 is 0 Å². The summed E-state index contributed by atoms with van der Waals surface area (Å²) in [6.45, 7) is 2.43. The minimum absolute atomic E-state index is 0.0211. The molecule has 3 fully saturated rings. The van der Waals surface area contributed by atoms with E-state index in [0.29, 0.717) is 5.92 Å². The Morgan fingerprint density at radius 3 is 2.71 bits per heavy atom. The van der Waals surface area contributed by atoms with Gasteiger partial charge < -0.3 is 19.4 Å². The van der Waals surface area contributed by atoms with Crippen molar-refractivity contribution < 1.29 is 23.5 Å². The van der Waals surface area contributed by atoms with Crippen molar-refractivity contribution in [2.24, 2.45) is 11.8 Å². The summed E-state index contributed by atoms with van der Waals surface area (Å²) in [5, 5.41) is 2.45. The highest BCUT2D eigenvalue weighted by Crippen LogP contribution is 2.35. The van der Waals surface area contributed by atoms with Gasteiger partial charge in [0.05, 0.1) is 11.6 Å². The molecule has 3 heterocycles. The molecule has 1 N–H and O–H groups in total. The van der Waals surface area contributed by atoms with Crippen LogP contribution in [0, 0.1) is 11.8 Å². The van der Waals surface area contributed by atoms with E-state index in [9.17, 15) is 14.4 Å². The highest BCUT2D eigenvalue weighted by molar-refractivity contribution is 6.22. The molecule has 7 nitrogen and oxygen atoms in total. The molecule has 28 heavy (non-hydrogen) atoms. The van der Waals surface area contributed by atoms with E-state index in [1.165, 1.54) is 11.2 Å². The van der Waals surface area contributed by atoms with Crippen LogP contribution < -0.4 is 5.32 Å². The second-order valence-electron chi connectivity index (χ2n) is 8.14. The Labute approximate surface area is 168 Å². The Balaban J connectivity index is 1.56. The molecule has 1 aliphatic carbocycles. The van der Waals surface area contributed by atoms with Crippen LogP contribution in [0.2, 0.25) is 0 Å². The first kappa shape index (κ1) is 19.5. The number of nitrogens with one attached hydrogen (secondary N) is 1. The van der Waals surface area contributed by atoms with E-state index >= 15 is 0 Å². The van der Waals surface area contributed by atoms with Gasteiger partial charge in [-0.1, -0.05) is 19.8 Å². The SMILES string of the molecule is C[C@H]1CC[C@H]([C@H](NC(=O)c2ccco2)C(=O)N2C[C@H](Cl)[C@H]3OCC(=O)[C@H]32)CC1. The minimum atomic E-state index is -0.707. The molecular weight excluding hydrogens is 384 g/mol. The molecule has 0 unspecified atom stereocenters. The van der Waals surface area contributed by atoms with E-state index in [4.69, 9.17) is 20.8 Å². The molecule has 2 amide bonds. The van der Waals surface area contributed by atoms with Crippen molar-refractivity contribution in [3.05, 3.63) is 24.2 Å². The maximum atomic E-state index is 13.5. The Morgan fingerprint density at radius 1 is 1.29 bits per heavy atom. The van der Waals surface area contributed by atoms with Gasteiger partial charge in [-0.3, -0.25) is 14.4 Å². The van der Waals surface area contributed by atoms with Crippen LogP contribution in [-0.2, 0) is 14.3 Å². The molecule has 1 saturated carbocycles. The molecule has 8 heteroatoms. The van der Waals surface area contributed by atoms with Crippen molar-refractivity contribution in [3.63, 3.8) is 0 Å². The Kier molecular flexibility index (Phi) is 5.47. The van der Waals surface area contributed by atoms with Crippen molar-refractivity contribution in [2.75, 3.05) is 13.2 Å². The summed E-state index contributed by atoms with van der Waals surface area (Å²) in [5.41, 5.74) is 0. The molecule has 0 spiro atoms. The Bertz CT molecular complexity index is 744. The van der Waals surface area contributed by atoms with Crippen LogP contribution in [0.5, 0.6) is 0 Å². The van der Waals surface area contributed by atoms with Gasteiger partial charge in [0.15, 0.2) is 11.5 Å². The van der Waals surface area contributed by atoms with Gasteiger partial charge in [-0.05, 0) is 36.8 Å². The predicted molar refractivity (Wildman–Crippen MR) is 101 cm³/mol. The summed E-state index contributed by atoms with van der Waals surface area (Å²) in [4.78, 5) is 39.9. The van der Waals surface area contributed by atoms with E-state index in [2.05, 4.69) is 12.2 Å². The summed E-state index contributed by atoms with van der Waals surface area (Å²) in [5.74, 6) is -0.00825. The maximum absolute atomic E-state index is 13.5. The number of furan rings is 1. The average molecular weight is 409 g/mol. The standard InChI is InChI=1S/C20H25ClN2O5/c1-11-4-6-12(7-5-11)16(22-19(25)15-3-2-8-27-15)20(26)23-9-13(21)18-17(23)14(24)10-28-18/h2-3,8,11-13,16-18H,4-7,9-10H2,1H3,(H,22,25)/t11-,12-,13-,16-,17+,18+/m0/s1. The molecular formula is C20H25ClN2O5. The lowest BCUT2D eigenvalue weighted by Gasteiger charge is -2.35. The fourth-order valence-corrected chi connectivity index (χ4v) is 4.98. The molecule has 0 bridgehead atoms. The zero-order valence-corrected chi connectivity index (χ0v) is 16.6. The number of halogens is 1. The number of carbonyl (C=O) groups excluding carboxylic acids is 3. The summed E-state index contributed by atoms with van der Waals surface area (Å²) >= 11 is 6.34. The Hall–Kier alpha value is -1.86. The Morgan fingerprint density at radius 2 is 2.04 bits per heavy atom. The van der Waals surface area contributed by atoms with E-state index in [0.717, 1.165) is 25.7 Å². The topological polar surface area (TPSA) is 88.8 Å². The van der Waals surface area contributed by atoms with Crippen molar-refractivity contribution in [2.45, 2.75) is 56.2 Å². The number of carbonyl (C=O) groups is 3. The average Bonchev–Trinajstić information content (AvgIpc) is 3.40. The van der Waals surface area contributed by atoms with E-state index < -0.39 is 29.5 Å². The summed E-state index contributed by atoms with van der Waals surface area (Å²) in [6.07, 6.45) is 4.69.